The maximum absolute atomic E-state index is 12.4. The Kier molecular flexibility index (Phi) is 8.18. The van der Waals surface area contributed by atoms with E-state index in [1.807, 2.05) is 50.2 Å². The van der Waals surface area contributed by atoms with E-state index in [-0.39, 0.29) is 18.4 Å². The number of amides is 2. The maximum atomic E-state index is 12.4. The van der Waals surface area contributed by atoms with E-state index in [1.54, 1.807) is 43.5 Å². The lowest BCUT2D eigenvalue weighted by Gasteiger charge is -2.08. The van der Waals surface area contributed by atoms with Crippen LogP contribution in [0.3, 0.4) is 0 Å². The molecule has 3 aromatic carbocycles. The zero-order valence-electron chi connectivity index (χ0n) is 18.9. The summed E-state index contributed by atoms with van der Waals surface area (Å²) in [6.45, 7) is 3.94. The summed E-state index contributed by atoms with van der Waals surface area (Å²) >= 11 is 0. The third kappa shape index (κ3) is 6.93. The van der Waals surface area contributed by atoms with Crippen LogP contribution < -0.4 is 15.4 Å². The fourth-order valence-electron chi connectivity index (χ4n) is 2.93. The van der Waals surface area contributed by atoms with Gasteiger partial charge in [-0.2, -0.15) is 0 Å². The molecular formula is C26H27N3O4. The molecule has 0 saturated heterocycles. The van der Waals surface area contributed by atoms with Crippen LogP contribution >= 0.6 is 0 Å². The molecule has 0 aliphatic rings. The number of rotatable bonds is 9. The molecule has 0 aliphatic carbocycles. The van der Waals surface area contributed by atoms with Crippen molar-refractivity contribution in [2.75, 3.05) is 17.7 Å². The van der Waals surface area contributed by atoms with Crippen molar-refractivity contribution in [1.82, 2.24) is 0 Å². The first-order valence-corrected chi connectivity index (χ1v) is 10.6. The summed E-state index contributed by atoms with van der Waals surface area (Å²) < 4.78 is 5.12. The van der Waals surface area contributed by atoms with Crippen molar-refractivity contribution in [3.63, 3.8) is 0 Å². The van der Waals surface area contributed by atoms with Gasteiger partial charge in [-0.1, -0.05) is 36.3 Å². The van der Waals surface area contributed by atoms with Gasteiger partial charge in [0.15, 0.2) is 0 Å². The molecule has 0 bridgehead atoms. The molecular weight excluding hydrogens is 418 g/mol. The van der Waals surface area contributed by atoms with E-state index in [4.69, 9.17) is 9.57 Å². The lowest BCUT2D eigenvalue weighted by Crippen LogP contribution is -2.11. The average Bonchev–Trinajstić information content (AvgIpc) is 2.85. The standard InChI is InChI=1S/C26H27N3O4/c1-4-25(30)27-22-11-9-20(10-12-22)18(2)29-33-17-19-5-7-21(8-6-19)26(31)28-23-13-15-24(32-3)16-14-23/h5-16H,4,17H2,1-3H3,(H,27,30)(H,28,31)/b29-18+. The Bertz CT molecular complexity index is 1110. The van der Waals surface area contributed by atoms with Crippen molar-refractivity contribution in [2.24, 2.45) is 5.16 Å². The van der Waals surface area contributed by atoms with Crippen LogP contribution in [-0.4, -0.2) is 24.6 Å². The molecule has 0 fully saturated rings. The number of methoxy groups -OCH3 is 1. The molecule has 170 valence electrons. The SMILES string of the molecule is CCC(=O)Nc1ccc(/C(C)=N/OCc2ccc(C(=O)Nc3ccc(OC)cc3)cc2)cc1. The van der Waals surface area contributed by atoms with E-state index < -0.39 is 0 Å². The summed E-state index contributed by atoms with van der Waals surface area (Å²) in [4.78, 5) is 29.4. The van der Waals surface area contributed by atoms with Crippen molar-refractivity contribution in [3.05, 3.63) is 89.5 Å². The zero-order valence-corrected chi connectivity index (χ0v) is 18.9. The molecule has 0 unspecified atom stereocenters. The topological polar surface area (TPSA) is 89.0 Å². The van der Waals surface area contributed by atoms with Crippen LogP contribution in [-0.2, 0) is 16.2 Å². The monoisotopic (exact) mass is 445 g/mol. The zero-order chi connectivity index (χ0) is 23.6. The van der Waals surface area contributed by atoms with Gasteiger partial charge in [0, 0.05) is 23.4 Å². The van der Waals surface area contributed by atoms with Crippen LogP contribution in [0.2, 0.25) is 0 Å². The second-order valence-corrected chi connectivity index (χ2v) is 7.31. The Morgan fingerprint density at radius 3 is 2.00 bits per heavy atom. The summed E-state index contributed by atoms with van der Waals surface area (Å²) in [5.41, 5.74) is 4.50. The molecule has 7 heteroatoms. The van der Waals surface area contributed by atoms with Gasteiger partial charge in [-0.3, -0.25) is 9.59 Å². The largest absolute Gasteiger partial charge is 0.497 e. The van der Waals surface area contributed by atoms with Crippen molar-refractivity contribution < 1.29 is 19.2 Å². The molecule has 2 N–H and O–H groups in total. The lowest BCUT2D eigenvalue weighted by molar-refractivity contribution is -0.115. The van der Waals surface area contributed by atoms with Gasteiger partial charge in [0.2, 0.25) is 5.91 Å². The quantitative estimate of drug-likeness (QED) is 0.348. The van der Waals surface area contributed by atoms with Crippen molar-refractivity contribution >= 4 is 28.9 Å². The first-order chi connectivity index (χ1) is 16.0. The fraction of sp³-hybridized carbons (Fsp3) is 0.192. The van der Waals surface area contributed by atoms with E-state index in [2.05, 4.69) is 15.8 Å². The molecule has 0 spiro atoms. The summed E-state index contributed by atoms with van der Waals surface area (Å²) in [5, 5.41) is 9.83. The minimum atomic E-state index is -0.194. The highest BCUT2D eigenvalue weighted by molar-refractivity contribution is 6.04. The number of benzene rings is 3. The third-order valence-electron chi connectivity index (χ3n) is 4.90. The third-order valence-corrected chi connectivity index (χ3v) is 4.90. The van der Waals surface area contributed by atoms with E-state index in [9.17, 15) is 9.59 Å². The van der Waals surface area contributed by atoms with Crippen LogP contribution in [0.25, 0.3) is 0 Å². The Balaban J connectivity index is 1.51. The second kappa shape index (κ2) is 11.5. The highest BCUT2D eigenvalue weighted by Crippen LogP contribution is 2.16. The Hall–Kier alpha value is -4.13. The highest BCUT2D eigenvalue weighted by Gasteiger charge is 2.07. The molecule has 0 saturated carbocycles. The second-order valence-electron chi connectivity index (χ2n) is 7.31. The molecule has 3 aromatic rings. The van der Waals surface area contributed by atoms with Gasteiger partial charge in [-0.05, 0) is 66.6 Å². The van der Waals surface area contributed by atoms with Gasteiger partial charge in [0.25, 0.3) is 5.91 Å². The molecule has 7 nitrogen and oxygen atoms in total. The van der Waals surface area contributed by atoms with Gasteiger partial charge < -0.3 is 20.2 Å². The van der Waals surface area contributed by atoms with Gasteiger partial charge in [-0.25, -0.2) is 0 Å². The van der Waals surface area contributed by atoms with E-state index in [1.165, 1.54) is 0 Å². The van der Waals surface area contributed by atoms with Crippen LogP contribution in [0.4, 0.5) is 11.4 Å². The fourth-order valence-corrected chi connectivity index (χ4v) is 2.93. The number of hydrogen-bond donors (Lipinski definition) is 2. The van der Waals surface area contributed by atoms with Crippen LogP contribution in [0.1, 0.15) is 41.8 Å². The predicted octanol–water partition coefficient (Wildman–Crippen LogP) is 5.24. The molecule has 0 radical (unpaired) electrons. The predicted molar refractivity (Wildman–Crippen MR) is 130 cm³/mol. The Morgan fingerprint density at radius 1 is 0.818 bits per heavy atom. The number of ether oxygens (including phenoxy) is 1. The molecule has 2 amide bonds. The lowest BCUT2D eigenvalue weighted by atomic mass is 10.1. The summed E-state index contributed by atoms with van der Waals surface area (Å²) in [5.74, 6) is 0.508. The Morgan fingerprint density at radius 2 is 1.39 bits per heavy atom. The number of hydrogen-bond acceptors (Lipinski definition) is 5. The molecule has 0 aromatic heterocycles. The number of nitrogens with zero attached hydrogens (tertiary/aromatic N) is 1. The summed E-state index contributed by atoms with van der Waals surface area (Å²) in [6, 6.07) is 21.7. The average molecular weight is 446 g/mol. The van der Waals surface area contributed by atoms with Crippen molar-refractivity contribution in [1.29, 1.82) is 0 Å². The number of carbonyl (C=O) groups excluding carboxylic acids is 2. The first-order valence-electron chi connectivity index (χ1n) is 10.6. The number of anilines is 2. The molecule has 0 heterocycles. The van der Waals surface area contributed by atoms with Gasteiger partial charge >= 0.3 is 0 Å². The van der Waals surface area contributed by atoms with E-state index in [0.29, 0.717) is 17.7 Å². The number of oxime groups is 1. The van der Waals surface area contributed by atoms with Crippen LogP contribution in [0.15, 0.2) is 78.0 Å². The number of nitrogens with one attached hydrogen (secondary N) is 2. The molecule has 0 aliphatic heterocycles. The van der Waals surface area contributed by atoms with Crippen LogP contribution in [0.5, 0.6) is 5.75 Å². The summed E-state index contributed by atoms with van der Waals surface area (Å²) in [7, 11) is 1.60. The minimum absolute atomic E-state index is 0.0271. The first kappa shape index (κ1) is 23.5. The molecule has 33 heavy (non-hydrogen) atoms. The molecule has 0 atom stereocenters. The van der Waals surface area contributed by atoms with Gasteiger partial charge in [0.1, 0.15) is 12.4 Å². The van der Waals surface area contributed by atoms with Crippen molar-refractivity contribution in [2.45, 2.75) is 26.9 Å². The van der Waals surface area contributed by atoms with E-state index >= 15 is 0 Å². The normalized spacial score (nSPS) is 10.9. The molecule has 3 rings (SSSR count). The highest BCUT2D eigenvalue weighted by atomic mass is 16.6. The van der Waals surface area contributed by atoms with Gasteiger partial charge in [-0.15, -0.1) is 0 Å². The Labute approximate surface area is 193 Å². The van der Waals surface area contributed by atoms with E-state index in [0.717, 1.165) is 28.3 Å². The van der Waals surface area contributed by atoms with Crippen molar-refractivity contribution in [3.8, 4) is 5.75 Å². The van der Waals surface area contributed by atoms with Gasteiger partial charge in [0.05, 0.1) is 12.8 Å². The number of carbonyl (C=O) groups is 2. The minimum Gasteiger partial charge on any atom is -0.497 e. The smallest absolute Gasteiger partial charge is 0.255 e. The maximum Gasteiger partial charge on any atom is 0.255 e. The summed E-state index contributed by atoms with van der Waals surface area (Å²) in [6.07, 6.45) is 0.435. The van der Waals surface area contributed by atoms with Crippen LogP contribution in [0, 0.1) is 0 Å².